The van der Waals surface area contributed by atoms with E-state index in [1.807, 2.05) is 6.07 Å². The molecule has 1 aromatic carbocycles. The highest BCUT2D eigenvalue weighted by atomic mass is 16.5. The van der Waals surface area contributed by atoms with Crippen molar-refractivity contribution in [1.29, 1.82) is 0 Å². The van der Waals surface area contributed by atoms with Gasteiger partial charge < -0.3 is 9.64 Å². The number of likely N-dealkylation sites (tertiary alicyclic amines) is 1. The summed E-state index contributed by atoms with van der Waals surface area (Å²) < 4.78 is 5.79. The van der Waals surface area contributed by atoms with Crippen LogP contribution in [0.1, 0.15) is 24.8 Å². The zero-order valence-electron chi connectivity index (χ0n) is 13.0. The number of ether oxygens (including phenoxy) is 1. The minimum Gasteiger partial charge on any atom is -0.366 e. The number of rotatable bonds is 3. The first-order valence-corrected chi connectivity index (χ1v) is 8.48. The third kappa shape index (κ3) is 2.77. The number of hydrogen-bond acceptors (Lipinski definition) is 3. The third-order valence-corrected chi connectivity index (χ3v) is 5.37. The van der Waals surface area contributed by atoms with E-state index in [0.29, 0.717) is 12.6 Å². The van der Waals surface area contributed by atoms with E-state index >= 15 is 0 Å². The van der Waals surface area contributed by atoms with Crippen LogP contribution in [0.25, 0.3) is 0 Å². The first-order chi connectivity index (χ1) is 10.8. The summed E-state index contributed by atoms with van der Waals surface area (Å²) in [5.74, 6) is 0.975. The molecule has 3 aliphatic rings. The molecule has 2 bridgehead atoms. The van der Waals surface area contributed by atoms with E-state index in [2.05, 4.69) is 34.1 Å². The zero-order chi connectivity index (χ0) is 14.9. The zero-order valence-corrected chi connectivity index (χ0v) is 13.0. The quantitative estimate of drug-likeness (QED) is 0.855. The molecule has 1 amide bonds. The van der Waals surface area contributed by atoms with Crippen LogP contribution in [-0.2, 0) is 16.1 Å². The average molecular weight is 300 g/mol. The predicted octanol–water partition coefficient (Wildman–Crippen LogP) is 1.90. The van der Waals surface area contributed by atoms with Crippen molar-refractivity contribution in [1.82, 2.24) is 9.80 Å². The lowest BCUT2D eigenvalue weighted by Crippen LogP contribution is -2.52. The highest BCUT2D eigenvalue weighted by Crippen LogP contribution is 2.37. The largest absolute Gasteiger partial charge is 0.366 e. The topological polar surface area (TPSA) is 32.8 Å². The molecule has 0 N–H and O–H groups in total. The number of hydrogen-bond donors (Lipinski definition) is 0. The molecule has 2 heterocycles. The van der Waals surface area contributed by atoms with Gasteiger partial charge in [-0.25, -0.2) is 0 Å². The fourth-order valence-electron chi connectivity index (χ4n) is 4.22. The number of amides is 1. The fraction of sp³-hybridized carbons (Fsp3) is 0.611. The summed E-state index contributed by atoms with van der Waals surface area (Å²) in [4.78, 5) is 17.2. The van der Waals surface area contributed by atoms with Gasteiger partial charge in [0, 0.05) is 32.2 Å². The summed E-state index contributed by atoms with van der Waals surface area (Å²) in [6.07, 6.45) is 3.44. The molecule has 1 aromatic rings. The van der Waals surface area contributed by atoms with Crippen LogP contribution in [-0.4, -0.2) is 54.1 Å². The fourth-order valence-corrected chi connectivity index (χ4v) is 4.22. The number of piperidine rings is 1. The van der Waals surface area contributed by atoms with Gasteiger partial charge in [-0.05, 0) is 30.7 Å². The lowest BCUT2D eigenvalue weighted by atomic mass is 10.1. The normalized spacial score (nSPS) is 31.6. The van der Waals surface area contributed by atoms with E-state index in [1.54, 1.807) is 0 Å². The number of carbonyl (C=O) groups is 1. The molecule has 118 valence electrons. The van der Waals surface area contributed by atoms with Crippen molar-refractivity contribution in [2.75, 3.05) is 26.2 Å². The molecule has 2 aliphatic heterocycles. The van der Waals surface area contributed by atoms with Gasteiger partial charge in [0.05, 0.1) is 6.61 Å². The summed E-state index contributed by atoms with van der Waals surface area (Å²) in [7, 11) is 0. The summed E-state index contributed by atoms with van der Waals surface area (Å²) in [6.45, 7) is 4.15. The molecular formula is C18H24N2O2. The van der Waals surface area contributed by atoms with Gasteiger partial charge in [0.2, 0.25) is 0 Å². The smallest absolute Gasteiger partial charge is 0.253 e. The summed E-state index contributed by atoms with van der Waals surface area (Å²) in [6, 6.07) is 11.0. The maximum Gasteiger partial charge on any atom is 0.253 e. The SMILES string of the molecule is O=C([C@H]1CN(Cc2ccccc2)CCO1)N1C[C@H]2CC[C@H]1C2. The lowest BCUT2D eigenvalue weighted by Gasteiger charge is -2.36. The second-order valence-corrected chi connectivity index (χ2v) is 6.90. The first-order valence-electron chi connectivity index (χ1n) is 8.48. The molecule has 4 rings (SSSR count). The molecule has 0 radical (unpaired) electrons. The first kappa shape index (κ1) is 14.2. The van der Waals surface area contributed by atoms with Crippen LogP contribution in [0.4, 0.5) is 0 Å². The van der Waals surface area contributed by atoms with Gasteiger partial charge in [-0.2, -0.15) is 0 Å². The second kappa shape index (κ2) is 6.01. The third-order valence-electron chi connectivity index (χ3n) is 5.37. The van der Waals surface area contributed by atoms with Gasteiger partial charge in [-0.3, -0.25) is 9.69 Å². The van der Waals surface area contributed by atoms with Crippen LogP contribution in [0.3, 0.4) is 0 Å². The molecule has 1 aliphatic carbocycles. The maximum absolute atomic E-state index is 12.8. The van der Waals surface area contributed by atoms with Crippen molar-refractivity contribution in [2.24, 2.45) is 5.92 Å². The van der Waals surface area contributed by atoms with E-state index in [4.69, 9.17) is 4.74 Å². The maximum atomic E-state index is 12.8. The number of morpholine rings is 1. The van der Waals surface area contributed by atoms with Crippen LogP contribution in [0, 0.1) is 5.92 Å². The molecule has 2 saturated heterocycles. The Balaban J connectivity index is 1.37. The molecule has 3 atom stereocenters. The minimum absolute atomic E-state index is 0.227. The van der Waals surface area contributed by atoms with Crippen LogP contribution in [0.2, 0.25) is 0 Å². The van der Waals surface area contributed by atoms with Gasteiger partial charge in [0.15, 0.2) is 0 Å². The molecule has 0 spiro atoms. The van der Waals surface area contributed by atoms with E-state index in [-0.39, 0.29) is 12.0 Å². The molecule has 4 nitrogen and oxygen atoms in total. The van der Waals surface area contributed by atoms with Crippen molar-refractivity contribution < 1.29 is 9.53 Å². The van der Waals surface area contributed by atoms with E-state index < -0.39 is 0 Å². The molecule has 4 heteroatoms. The number of nitrogens with zero attached hydrogens (tertiary/aromatic N) is 2. The van der Waals surface area contributed by atoms with Crippen LogP contribution in [0.5, 0.6) is 0 Å². The number of carbonyl (C=O) groups excluding carboxylic acids is 1. The Labute approximate surface area is 132 Å². The van der Waals surface area contributed by atoms with Gasteiger partial charge in [0.25, 0.3) is 5.91 Å². The van der Waals surface area contributed by atoms with Crippen molar-refractivity contribution in [3.63, 3.8) is 0 Å². The highest BCUT2D eigenvalue weighted by molar-refractivity contribution is 5.82. The monoisotopic (exact) mass is 300 g/mol. The van der Waals surface area contributed by atoms with Crippen molar-refractivity contribution in [2.45, 2.75) is 38.0 Å². The van der Waals surface area contributed by atoms with Gasteiger partial charge >= 0.3 is 0 Å². The summed E-state index contributed by atoms with van der Waals surface area (Å²) in [5, 5.41) is 0. The summed E-state index contributed by atoms with van der Waals surface area (Å²) in [5.41, 5.74) is 1.30. The number of fused-ring (bicyclic) bond motifs is 2. The molecular weight excluding hydrogens is 276 g/mol. The predicted molar refractivity (Wildman–Crippen MR) is 84.3 cm³/mol. The van der Waals surface area contributed by atoms with E-state index in [0.717, 1.165) is 32.1 Å². The second-order valence-electron chi connectivity index (χ2n) is 6.90. The van der Waals surface area contributed by atoms with Crippen molar-refractivity contribution in [3.05, 3.63) is 35.9 Å². The van der Waals surface area contributed by atoms with Crippen molar-refractivity contribution >= 4 is 5.91 Å². The Hall–Kier alpha value is -1.39. The Morgan fingerprint density at radius 2 is 2.05 bits per heavy atom. The molecule has 22 heavy (non-hydrogen) atoms. The van der Waals surface area contributed by atoms with E-state index in [1.165, 1.54) is 24.8 Å². The molecule has 0 aromatic heterocycles. The Morgan fingerprint density at radius 3 is 2.77 bits per heavy atom. The molecule has 0 unspecified atom stereocenters. The minimum atomic E-state index is -0.267. The van der Waals surface area contributed by atoms with Gasteiger partial charge in [0.1, 0.15) is 6.10 Å². The summed E-state index contributed by atoms with van der Waals surface area (Å²) >= 11 is 0. The Bertz CT molecular complexity index is 533. The van der Waals surface area contributed by atoms with Crippen LogP contribution < -0.4 is 0 Å². The lowest BCUT2D eigenvalue weighted by molar-refractivity contribution is -0.151. The van der Waals surface area contributed by atoms with Crippen LogP contribution in [0.15, 0.2) is 30.3 Å². The van der Waals surface area contributed by atoms with Crippen LogP contribution >= 0.6 is 0 Å². The number of benzene rings is 1. The molecule has 3 fully saturated rings. The Kier molecular flexibility index (Phi) is 3.89. The molecule has 1 saturated carbocycles. The van der Waals surface area contributed by atoms with Gasteiger partial charge in [-0.1, -0.05) is 30.3 Å². The Morgan fingerprint density at radius 1 is 1.18 bits per heavy atom. The van der Waals surface area contributed by atoms with Gasteiger partial charge in [-0.15, -0.1) is 0 Å². The highest BCUT2D eigenvalue weighted by Gasteiger charge is 2.43. The van der Waals surface area contributed by atoms with E-state index in [9.17, 15) is 4.79 Å². The van der Waals surface area contributed by atoms with Crippen molar-refractivity contribution in [3.8, 4) is 0 Å². The standard InChI is InChI=1S/C18H24N2O2/c21-18(20-12-15-6-7-16(20)10-15)17-13-19(8-9-22-17)11-14-4-2-1-3-5-14/h1-5,15-17H,6-13H2/t15-,16-,17+/m0/s1. The average Bonchev–Trinajstić information content (AvgIpc) is 3.18.